The van der Waals surface area contributed by atoms with Crippen molar-refractivity contribution >= 4 is 45.9 Å². The van der Waals surface area contributed by atoms with Gasteiger partial charge in [-0.05, 0) is 52.4 Å². The second-order valence-corrected chi connectivity index (χ2v) is 6.08. The molecular weight excluding hydrogens is 456 g/mol. The lowest BCUT2D eigenvalue weighted by Crippen LogP contribution is -2.14. The molecule has 1 amide bonds. The van der Waals surface area contributed by atoms with Crippen molar-refractivity contribution in [1.29, 1.82) is 5.26 Å². The molecule has 132 valence electrons. The third kappa shape index (κ3) is 4.34. The van der Waals surface area contributed by atoms with Gasteiger partial charge in [-0.1, -0.05) is 12.1 Å². The van der Waals surface area contributed by atoms with Gasteiger partial charge in [0, 0.05) is 6.07 Å². The number of hydrogen-bond acceptors (Lipinski definition) is 5. The molecule has 7 nitrogen and oxygen atoms in total. The van der Waals surface area contributed by atoms with Crippen molar-refractivity contribution in [2.45, 2.75) is 0 Å². The number of benzene rings is 2. The standard InChI is InChI=1S/C17H11FIN3O4/c1-26-16-13(19)7-10(8-15(16)22(24)25)6-11(9-20)17(23)21-14-5-3-2-4-12(14)18/h2-8H,1H3,(H,21,23)/b11-6-. The molecule has 0 atom stereocenters. The van der Waals surface area contributed by atoms with Crippen molar-refractivity contribution in [3.8, 4) is 11.8 Å². The second-order valence-electron chi connectivity index (χ2n) is 4.92. The van der Waals surface area contributed by atoms with Crippen LogP contribution in [-0.2, 0) is 4.79 Å². The number of methoxy groups -OCH3 is 1. The predicted octanol–water partition coefficient (Wildman–Crippen LogP) is 3.89. The maximum atomic E-state index is 13.6. The summed E-state index contributed by atoms with van der Waals surface area (Å²) in [4.78, 5) is 22.7. The molecule has 0 saturated carbocycles. The number of para-hydroxylation sites is 1. The number of nitrogens with zero attached hydrogens (tertiary/aromatic N) is 2. The van der Waals surface area contributed by atoms with Gasteiger partial charge in [-0.2, -0.15) is 5.26 Å². The smallest absolute Gasteiger partial charge is 0.312 e. The van der Waals surface area contributed by atoms with Gasteiger partial charge in [-0.3, -0.25) is 14.9 Å². The van der Waals surface area contributed by atoms with Crippen LogP contribution in [-0.4, -0.2) is 17.9 Å². The van der Waals surface area contributed by atoms with Crippen molar-refractivity contribution < 1.29 is 18.8 Å². The van der Waals surface area contributed by atoms with E-state index < -0.39 is 16.6 Å². The number of nitro groups is 1. The summed E-state index contributed by atoms with van der Waals surface area (Å²) in [5, 5.41) is 22.7. The number of anilines is 1. The van der Waals surface area contributed by atoms with Crippen molar-refractivity contribution in [2.75, 3.05) is 12.4 Å². The number of amides is 1. The first-order valence-electron chi connectivity index (χ1n) is 7.07. The van der Waals surface area contributed by atoms with Crippen LogP contribution in [0.25, 0.3) is 6.08 Å². The molecule has 9 heteroatoms. The first-order chi connectivity index (χ1) is 12.4. The van der Waals surface area contributed by atoms with Gasteiger partial charge in [0.15, 0.2) is 0 Å². The van der Waals surface area contributed by atoms with Crippen LogP contribution < -0.4 is 10.1 Å². The molecule has 0 spiro atoms. The Morgan fingerprint density at radius 3 is 2.69 bits per heavy atom. The highest BCUT2D eigenvalue weighted by Gasteiger charge is 2.20. The zero-order valence-electron chi connectivity index (χ0n) is 13.3. The van der Waals surface area contributed by atoms with Gasteiger partial charge in [0.05, 0.1) is 21.3 Å². The van der Waals surface area contributed by atoms with E-state index in [2.05, 4.69) is 5.32 Å². The zero-order chi connectivity index (χ0) is 19.3. The lowest BCUT2D eigenvalue weighted by atomic mass is 10.1. The fourth-order valence-corrected chi connectivity index (χ4v) is 2.94. The molecule has 2 aromatic carbocycles. The molecule has 0 unspecified atom stereocenters. The Morgan fingerprint density at radius 2 is 2.12 bits per heavy atom. The molecule has 0 aromatic heterocycles. The van der Waals surface area contributed by atoms with Crippen LogP contribution in [0.1, 0.15) is 5.56 Å². The number of nitriles is 1. The molecule has 0 aliphatic rings. The van der Waals surface area contributed by atoms with Crippen molar-refractivity contribution in [2.24, 2.45) is 0 Å². The highest BCUT2D eigenvalue weighted by Crippen LogP contribution is 2.34. The largest absolute Gasteiger partial charge is 0.489 e. The van der Waals surface area contributed by atoms with E-state index >= 15 is 0 Å². The summed E-state index contributed by atoms with van der Waals surface area (Å²) >= 11 is 1.85. The number of carbonyl (C=O) groups is 1. The Bertz CT molecular complexity index is 954. The van der Waals surface area contributed by atoms with E-state index in [1.807, 2.05) is 22.6 Å². The number of hydrogen-bond donors (Lipinski definition) is 1. The first-order valence-corrected chi connectivity index (χ1v) is 8.14. The van der Waals surface area contributed by atoms with Crippen LogP contribution in [0.3, 0.4) is 0 Å². The Kier molecular flexibility index (Phi) is 6.24. The van der Waals surface area contributed by atoms with E-state index in [0.717, 1.165) is 0 Å². The van der Waals surface area contributed by atoms with E-state index in [1.165, 1.54) is 49.6 Å². The molecule has 0 aliphatic heterocycles. The maximum Gasteiger partial charge on any atom is 0.312 e. The quantitative estimate of drug-likeness (QED) is 0.236. The summed E-state index contributed by atoms with van der Waals surface area (Å²) in [5.74, 6) is -1.39. The summed E-state index contributed by atoms with van der Waals surface area (Å²) < 4.78 is 19.1. The van der Waals surface area contributed by atoms with Crippen LogP contribution in [0.4, 0.5) is 15.8 Å². The summed E-state index contributed by atoms with van der Waals surface area (Å²) in [6.07, 6.45) is 1.19. The van der Waals surface area contributed by atoms with Crippen LogP contribution in [0.5, 0.6) is 5.75 Å². The minimum Gasteiger partial charge on any atom is -0.489 e. The molecule has 0 bridgehead atoms. The minimum atomic E-state index is -0.828. The number of nitrogens with one attached hydrogen (secondary N) is 1. The molecule has 0 fully saturated rings. The van der Waals surface area contributed by atoms with Gasteiger partial charge in [0.25, 0.3) is 5.91 Å². The van der Waals surface area contributed by atoms with Gasteiger partial charge in [-0.25, -0.2) is 4.39 Å². The highest BCUT2D eigenvalue weighted by molar-refractivity contribution is 14.1. The SMILES string of the molecule is COc1c(I)cc(/C=C(/C#N)C(=O)Nc2ccccc2F)cc1[N+](=O)[O-]. The van der Waals surface area contributed by atoms with Gasteiger partial charge in [0.2, 0.25) is 5.75 Å². The summed E-state index contributed by atoms with van der Waals surface area (Å²) in [6, 6.07) is 9.94. The first kappa shape index (κ1) is 19.3. The molecule has 0 saturated heterocycles. The number of halogens is 2. The lowest BCUT2D eigenvalue weighted by molar-refractivity contribution is -0.385. The molecule has 2 rings (SSSR count). The lowest BCUT2D eigenvalue weighted by Gasteiger charge is -2.07. The minimum absolute atomic E-state index is 0.0751. The van der Waals surface area contributed by atoms with Gasteiger partial charge in [-0.15, -0.1) is 0 Å². The van der Waals surface area contributed by atoms with E-state index in [0.29, 0.717) is 3.57 Å². The Morgan fingerprint density at radius 1 is 1.42 bits per heavy atom. The van der Waals surface area contributed by atoms with E-state index in [4.69, 9.17) is 4.74 Å². The molecule has 2 aromatic rings. The average molecular weight is 467 g/mol. The Labute approximate surface area is 161 Å². The van der Waals surface area contributed by atoms with E-state index in [1.54, 1.807) is 6.07 Å². The molecule has 0 radical (unpaired) electrons. The normalized spacial score (nSPS) is 10.8. The zero-order valence-corrected chi connectivity index (χ0v) is 15.5. The van der Waals surface area contributed by atoms with Crippen LogP contribution in [0.15, 0.2) is 42.0 Å². The van der Waals surface area contributed by atoms with Gasteiger partial charge >= 0.3 is 5.69 Å². The van der Waals surface area contributed by atoms with Crippen molar-refractivity contribution in [1.82, 2.24) is 0 Å². The fourth-order valence-electron chi connectivity index (χ4n) is 2.09. The number of nitro benzene ring substituents is 1. The topological polar surface area (TPSA) is 105 Å². The third-order valence-corrected chi connectivity index (χ3v) is 4.05. The molecule has 0 aliphatic carbocycles. The van der Waals surface area contributed by atoms with Crippen molar-refractivity contribution in [3.05, 3.63) is 67.0 Å². The van der Waals surface area contributed by atoms with Crippen LogP contribution in [0, 0.1) is 30.8 Å². The van der Waals surface area contributed by atoms with Crippen LogP contribution in [0.2, 0.25) is 0 Å². The fraction of sp³-hybridized carbons (Fsp3) is 0.0588. The van der Waals surface area contributed by atoms with E-state index in [-0.39, 0.29) is 28.3 Å². The maximum absolute atomic E-state index is 13.6. The van der Waals surface area contributed by atoms with Gasteiger partial charge < -0.3 is 10.1 Å². The number of ether oxygens (including phenoxy) is 1. The van der Waals surface area contributed by atoms with E-state index in [9.17, 15) is 24.6 Å². The third-order valence-electron chi connectivity index (χ3n) is 3.25. The highest BCUT2D eigenvalue weighted by atomic mass is 127. The molecule has 26 heavy (non-hydrogen) atoms. The van der Waals surface area contributed by atoms with Gasteiger partial charge in [0.1, 0.15) is 17.5 Å². The average Bonchev–Trinajstić information content (AvgIpc) is 2.60. The Balaban J connectivity index is 2.40. The summed E-state index contributed by atoms with van der Waals surface area (Å²) in [7, 11) is 1.31. The van der Waals surface area contributed by atoms with Crippen LogP contribution >= 0.6 is 22.6 Å². The summed E-state index contributed by atoms with van der Waals surface area (Å²) in [5.41, 5.74) is -0.433. The van der Waals surface area contributed by atoms with Crippen molar-refractivity contribution in [3.63, 3.8) is 0 Å². The number of rotatable bonds is 5. The monoisotopic (exact) mass is 467 g/mol. The Hall–Kier alpha value is -3.00. The molecule has 0 heterocycles. The second kappa shape index (κ2) is 8.39. The molecule has 1 N–H and O–H groups in total. The molecular formula is C17H11FIN3O4. The number of carbonyl (C=O) groups excluding carboxylic acids is 1. The predicted molar refractivity (Wildman–Crippen MR) is 101 cm³/mol. The summed E-state index contributed by atoms with van der Waals surface area (Å²) in [6.45, 7) is 0.